The molecule has 0 aliphatic rings. The molecular formula is C9H10O3. The zero-order chi connectivity index (χ0) is 9.30. The highest BCUT2D eigenvalue weighted by Gasteiger charge is 2.10. The highest BCUT2D eigenvalue weighted by molar-refractivity contribution is 5.98. The summed E-state index contributed by atoms with van der Waals surface area (Å²) in [6.07, 6.45) is 0. The Morgan fingerprint density at radius 3 is 2.33 bits per heavy atom. The number of Topliss-reactive ketones (excluding diaryl/α,β-unsaturated/α-hetero) is 1. The fourth-order valence-electron chi connectivity index (χ4n) is 1.21. The number of carbonyl (C=O) groups is 1. The number of carbonyl (C=O) groups excluding carboxylic acids is 1. The molecule has 0 saturated heterocycles. The van der Waals surface area contributed by atoms with Gasteiger partial charge in [0.25, 0.3) is 0 Å². The summed E-state index contributed by atoms with van der Waals surface area (Å²) in [4.78, 5) is 11.0. The number of ketones is 1. The molecule has 0 aliphatic heterocycles. The van der Waals surface area contributed by atoms with Gasteiger partial charge in [-0.3, -0.25) is 4.79 Å². The van der Waals surface area contributed by atoms with Crippen molar-refractivity contribution in [1.82, 2.24) is 0 Å². The van der Waals surface area contributed by atoms with E-state index in [1.54, 1.807) is 6.92 Å². The number of aromatic hydroxyl groups is 2. The van der Waals surface area contributed by atoms with E-state index in [0.717, 1.165) is 6.07 Å². The molecule has 0 spiro atoms. The summed E-state index contributed by atoms with van der Waals surface area (Å²) in [5, 5.41) is 18.3. The lowest BCUT2D eigenvalue weighted by Crippen LogP contribution is -1.96. The minimum Gasteiger partial charge on any atom is -0.508 e. The summed E-state index contributed by atoms with van der Waals surface area (Å²) < 4.78 is 0. The van der Waals surface area contributed by atoms with Gasteiger partial charge in [-0.05, 0) is 25.5 Å². The van der Waals surface area contributed by atoms with Gasteiger partial charge in [0.05, 0.1) is 5.56 Å². The van der Waals surface area contributed by atoms with E-state index < -0.39 is 0 Å². The minimum atomic E-state index is -0.204. The molecule has 0 atom stereocenters. The van der Waals surface area contributed by atoms with Crippen LogP contribution in [0.2, 0.25) is 0 Å². The molecule has 0 saturated carbocycles. The summed E-state index contributed by atoms with van der Waals surface area (Å²) in [5.74, 6) is -0.403. The van der Waals surface area contributed by atoms with Crippen molar-refractivity contribution >= 4 is 5.78 Å². The van der Waals surface area contributed by atoms with Crippen LogP contribution >= 0.6 is 0 Å². The normalized spacial score (nSPS) is 9.83. The van der Waals surface area contributed by atoms with E-state index in [0.29, 0.717) is 5.56 Å². The summed E-state index contributed by atoms with van der Waals surface area (Å²) in [6.45, 7) is 3.04. The first-order valence-corrected chi connectivity index (χ1v) is 3.56. The average Bonchev–Trinajstić information content (AvgIpc) is 1.82. The smallest absolute Gasteiger partial charge is 0.163 e. The van der Waals surface area contributed by atoms with Crippen LogP contribution in [0, 0.1) is 6.92 Å². The van der Waals surface area contributed by atoms with Gasteiger partial charge in [-0.25, -0.2) is 0 Å². The fourth-order valence-corrected chi connectivity index (χ4v) is 1.21. The Hall–Kier alpha value is -1.51. The number of hydrogen-bond acceptors (Lipinski definition) is 3. The highest BCUT2D eigenvalue weighted by atomic mass is 16.3. The van der Waals surface area contributed by atoms with E-state index in [2.05, 4.69) is 0 Å². The van der Waals surface area contributed by atoms with Crippen LogP contribution in [-0.2, 0) is 0 Å². The Morgan fingerprint density at radius 2 is 1.92 bits per heavy atom. The molecule has 3 nitrogen and oxygen atoms in total. The Labute approximate surface area is 70.3 Å². The number of hydrogen-bond donors (Lipinski definition) is 2. The van der Waals surface area contributed by atoms with Gasteiger partial charge in [0.15, 0.2) is 5.78 Å². The summed E-state index contributed by atoms with van der Waals surface area (Å²) in [7, 11) is 0. The van der Waals surface area contributed by atoms with Crippen molar-refractivity contribution in [1.29, 1.82) is 0 Å². The van der Waals surface area contributed by atoms with E-state index in [-0.39, 0.29) is 22.8 Å². The summed E-state index contributed by atoms with van der Waals surface area (Å²) >= 11 is 0. The number of aryl methyl sites for hydroxylation is 1. The van der Waals surface area contributed by atoms with E-state index in [9.17, 15) is 9.90 Å². The molecule has 1 aromatic rings. The van der Waals surface area contributed by atoms with Crippen LogP contribution in [0.5, 0.6) is 11.5 Å². The van der Waals surface area contributed by atoms with Crippen LogP contribution in [0.3, 0.4) is 0 Å². The van der Waals surface area contributed by atoms with Crippen LogP contribution in [0.15, 0.2) is 12.1 Å². The molecule has 12 heavy (non-hydrogen) atoms. The molecule has 1 rings (SSSR count). The molecule has 3 heteroatoms. The van der Waals surface area contributed by atoms with Crippen LogP contribution in [0.25, 0.3) is 0 Å². The highest BCUT2D eigenvalue weighted by Crippen LogP contribution is 2.26. The molecule has 0 fully saturated rings. The lowest BCUT2D eigenvalue weighted by molar-refractivity contribution is 0.101. The van der Waals surface area contributed by atoms with Gasteiger partial charge in [-0.2, -0.15) is 0 Å². The second-order valence-corrected chi connectivity index (χ2v) is 2.71. The van der Waals surface area contributed by atoms with Crippen LogP contribution in [0.4, 0.5) is 0 Å². The lowest BCUT2D eigenvalue weighted by atomic mass is 10.0. The molecule has 0 radical (unpaired) electrons. The zero-order valence-electron chi connectivity index (χ0n) is 6.96. The van der Waals surface area contributed by atoms with Gasteiger partial charge in [0, 0.05) is 6.07 Å². The predicted molar refractivity (Wildman–Crippen MR) is 44.5 cm³/mol. The number of phenolic OH excluding ortho intramolecular Hbond substituents is 2. The van der Waals surface area contributed by atoms with E-state index in [1.807, 2.05) is 0 Å². The van der Waals surface area contributed by atoms with Crippen molar-refractivity contribution in [3.8, 4) is 11.5 Å². The zero-order valence-corrected chi connectivity index (χ0v) is 6.96. The van der Waals surface area contributed by atoms with Gasteiger partial charge in [-0.1, -0.05) is 0 Å². The lowest BCUT2D eigenvalue weighted by Gasteiger charge is -2.04. The SMILES string of the molecule is CC(=O)c1c(C)cc(O)cc1O. The first kappa shape index (κ1) is 8.59. The Morgan fingerprint density at radius 1 is 1.33 bits per heavy atom. The fraction of sp³-hybridized carbons (Fsp3) is 0.222. The number of rotatable bonds is 1. The van der Waals surface area contributed by atoms with E-state index >= 15 is 0 Å². The quantitative estimate of drug-likeness (QED) is 0.623. The minimum absolute atomic E-state index is 0.0324. The van der Waals surface area contributed by atoms with Gasteiger partial charge < -0.3 is 10.2 Å². The number of phenols is 2. The van der Waals surface area contributed by atoms with Crippen molar-refractivity contribution in [2.24, 2.45) is 0 Å². The van der Waals surface area contributed by atoms with Gasteiger partial charge >= 0.3 is 0 Å². The van der Waals surface area contributed by atoms with E-state index in [4.69, 9.17) is 5.11 Å². The van der Waals surface area contributed by atoms with Gasteiger partial charge in [0.1, 0.15) is 11.5 Å². The van der Waals surface area contributed by atoms with E-state index in [1.165, 1.54) is 13.0 Å². The molecule has 0 aromatic heterocycles. The standard InChI is InChI=1S/C9H10O3/c1-5-3-7(11)4-8(12)9(5)6(2)10/h3-4,11-12H,1-2H3. The van der Waals surface area contributed by atoms with Crippen molar-refractivity contribution < 1.29 is 15.0 Å². The summed E-state index contributed by atoms with van der Waals surface area (Å²) in [6, 6.07) is 2.60. The third-order valence-corrected chi connectivity index (χ3v) is 1.65. The van der Waals surface area contributed by atoms with Gasteiger partial charge in [0.2, 0.25) is 0 Å². The average molecular weight is 166 g/mol. The first-order chi connectivity index (χ1) is 5.52. The molecule has 1 aromatic carbocycles. The second kappa shape index (κ2) is 2.85. The topological polar surface area (TPSA) is 57.5 Å². The molecule has 0 amide bonds. The Bertz CT molecular complexity index is 306. The first-order valence-electron chi connectivity index (χ1n) is 3.56. The predicted octanol–water partition coefficient (Wildman–Crippen LogP) is 1.61. The molecule has 2 N–H and O–H groups in total. The van der Waals surface area contributed by atoms with Crippen LogP contribution in [-0.4, -0.2) is 16.0 Å². The molecule has 0 heterocycles. The Kier molecular flexibility index (Phi) is 2.04. The van der Waals surface area contributed by atoms with Gasteiger partial charge in [-0.15, -0.1) is 0 Å². The molecule has 64 valence electrons. The van der Waals surface area contributed by atoms with Crippen molar-refractivity contribution in [2.45, 2.75) is 13.8 Å². The monoisotopic (exact) mass is 166 g/mol. The van der Waals surface area contributed by atoms with Crippen molar-refractivity contribution in [3.05, 3.63) is 23.3 Å². The maximum atomic E-state index is 11.0. The molecular weight excluding hydrogens is 156 g/mol. The third kappa shape index (κ3) is 1.39. The second-order valence-electron chi connectivity index (χ2n) is 2.71. The van der Waals surface area contributed by atoms with Crippen molar-refractivity contribution in [3.63, 3.8) is 0 Å². The summed E-state index contributed by atoms with van der Waals surface area (Å²) in [5.41, 5.74) is 0.854. The van der Waals surface area contributed by atoms with Crippen molar-refractivity contribution in [2.75, 3.05) is 0 Å². The Balaban J connectivity index is 3.38. The molecule has 0 aliphatic carbocycles. The number of benzene rings is 1. The third-order valence-electron chi connectivity index (χ3n) is 1.65. The van der Waals surface area contributed by atoms with Crippen LogP contribution < -0.4 is 0 Å². The molecule has 0 bridgehead atoms. The van der Waals surface area contributed by atoms with Crippen LogP contribution in [0.1, 0.15) is 22.8 Å². The largest absolute Gasteiger partial charge is 0.508 e. The maximum absolute atomic E-state index is 11.0. The maximum Gasteiger partial charge on any atom is 0.163 e. The molecule has 0 unspecified atom stereocenters.